The zero-order chi connectivity index (χ0) is 12.3. The Morgan fingerprint density at radius 3 is 2.69 bits per heavy atom. The van der Waals surface area contributed by atoms with Crippen LogP contribution in [0.4, 0.5) is 0 Å². The van der Waals surface area contributed by atoms with Crippen LogP contribution in [0.15, 0.2) is 11.2 Å². The highest BCUT2D eigenvalue weighted by Gasteiger charge is 2.20. The second-order valence-electron chi connectivity index (χ2n) is 3.93. The topological polar surface area (TPSA) is 102 Å². The second kappa shape index (κ2) is 4.63. The summed E-state index contributed by atoms with van der Waals surface area (Å²) in [6.45, 7) is 4.47. The highest BCUT2D eigenvalue weighted by atomic mass is 32.2. The molecule has 1 rings (SSSR count). The fraction of sp³-hybridized carbons (Fsp3) is 0.556. The van der Waals surface area contributed by atoms with Gasteiger partial charge in [0.2, 0.25) is 0 Å². The van der Waals surface area contributed by atoms with Gasteiger partial charge in [-0.15, -0.1) is 0 Å². The lowest BCUT2D eigenvalue weighted by molar-refractivity contribution is 0.458. The molecular formula is C9H14N4O2S. The first-order chi connectivity index (χ1) is 7.36. The molecule has 0 aliphatic carbocycles. The molecule has 0 saturated carbocycles. The summed E-state index contributed by atoms with van der Waals surface area (Å²) in [6, 6.07) is 1.77. The van der Waals surface area contributed by atoms with Gasteiger partial charge in [0.25, 0.3) is 10.0 Å². The third-order valence-corrected chi connectivity index (χ3v) is 3.07. The van der Waals surface area contributed by atoms with Crippen molar-refractivity contribution in [2.24, 2.45) is 11.1 Å². The summed E-state index contributed by atoms with van der Waals surface area (Å²) in [5.74, 6) is 0.420. The van der Waals surface area contributed by atoms with E-state index >= 15 is 0 Å². The lowest BCUT2D eigenvalue weighted by atomic mass is 10.1. The van der Waals surface area contributed by atoms with Crippen LogP contribution in [-0.2, 0) is 16.6 Å². The normalized spacial score (nSPS) is 11.7. The zero-order valence-electron chi connectivity index (χ0n) is 9.21. The lowest BCUT2D eigenvalue weighted by Crippen LogP contribution is -2.19. The number of nitrogens with zero attached hydrogens (tertiary/aromatic N) is 3. The van der Waals surface area contributed by atoms with Gasteiger partial charge in [0.15, 0.2) is 5.03 Å². The van der Waals surface area contributed by atoms with Gasteiger partial charge >= 0.3 is 0 Å². The molecule has 0 fully saturated rings. The molecule has 1 aromatic rings. The van der Waals surface area contributed by atoms with Gasteiger partial charge in [-0.05, 0) is 12.3 Å². The van der Waals surface area contributed by atoms with E-state index in [0.29, 0.717) is 12.5 Å². The second-order valence-corrected chi connectivity index (χ2v) is 5.40. The van der Waals surface area contributed by atoms with E-state index in [2.05, 4.69) is 5.10 Å². The molecule has 2 N–H and O–H groups in total. The molecule has 0 unspecified atom stereocenters. The van der Waals surface area contributed by atoms with Gasteiger partial charge in [-0.3, -0.25) is 4.68 Å². The number of primary sulfonamides is 1. The van der Waals surface area contributed by atoms with E-state index in [-0.39, 0.29) is 10.6 Å². The molecule has 16 heavy (non-hydrogen) atoms. The SMILES string of the molecule is CC(C)CCn1ncc(C#N)c1S(N)(=O)=O. The number of nitrogens with two attached hydrogens (primary N) is 1. The van der Waals surface area contributed by atoms with Crippen molar-refractivity contribution in [3.63, 3.8) is 0 Å². The number of hydrogen-bond donors (Lipinski definition) is 1. The summed E-state index contributed by atoms with van der Waals surface area (Å²) in [4.78, 5) is 0. The first-order valence-corrected chi connectivity index (χ1v) is 6.39. The zero-order valence-corrected chi connectivity index (χ0v) is 10.0. The van der Waals surface area contributed by atoms with Crippen LogP contribution in [0.1, 0.15) is 25.8 Å². The maximum Gasteiger partial charge on any atom is 0.256 e. The van der Waals surface area contributed by atoms with Crippen LogP contribution >= 0.6 is 0 Å². The van der Waals surface area contributed by atoms with E-state index in [1.807, 2.05) is 13.8 Å². The van der Waals surface area contributed by atoms with E-state index in [1.54, 1.807) is 6.07 Å². The van der Waals surface area contributed by atoms with Crippen LogP contribution < -0.4 is 5.14 Å². The van der Waals surface area contributed by atoms with Crippen molar-refractivity contribution in [1.29, 1.82) is 5.26 Å². The molecule has 0 aromatic carbocycles. The van der Waals surface area contributed by atoms with Crippen LogP contribution in [0.25, 0.3) is 0 Å². The molecular weight excluding hydrogens is 228 g/mol. The van der Waals surface area contributed by atoms with E-state index in [4.69, 9.17) is 10.4 Å². The lowest BCUT2D eigenvalue weighted by Gasteiger charge is -2.07. The Morgan fingerprint density at radius 2 is 2.25 bits per heavy atom. The van der Waals surface area contributed by atoms with Gasteiger partial charge in [-0.25, -0.2) is 13.6 Å². The Kier molecular flexibility index (Phi) is 3.67. The Hall–Kier alpha value is -1.39. The molecule has 0 aliphatic rings. The number of aromatic nitrogens is 2. The number of nitriles is 1. The average molecular weight is 242 g/mol. The van der Waals surface area contributed by atoms with E-state index in [9.17, 15) is 8.42 Å². The summed E-state index contributed by atoms with van der Waals surface area (Å²) in [6.07, 6.45) is 2.00. The highest BCUT2D eigenvalue weighted by Crippen LogP contribution is 2.14. The van der Waals surface area contributed by atoms with Crippen molar-refractivity contribution in [1.82, 2.24) is 9.78 Å². The first kappa shape index (κ1) is 12.7. The van der Waals surface area contributed by atoms with Gasteiger partial charge in [0.1, 0.15) is 11.6 Å². The van der Waals surface area contributed by atoms with Crippen LogP contribution in [-0.4, -0.2) is 18.2 Å². The van der Waals surface area contributed by atoms with Gasteiger partial charge in [-0.1, -0.05) is 13.8 Å². The fourth-order valence-corrected chi connectivity index (χ4v) is 2.13. The summed E-state index contributed by atoms with van der Waals surface area (Å²) < 4.78 is 23.9. The molecule has 0 spiro atoms. The standard InChI is InChI=1S/C9H14N4O2S/c1-7(2)3-4-13-9(16(11,14)15)8(5-10)6-12-13/h6-7H,3-4H2,1-2H3,(H2,11,14,15). The van der Waals surface area contributed by atoms with Crippen molar-refractivity contribution >= 4 is 10.0 Å². The van der Waals surface area contributed by atoms with Crippen LogP contribution in [0.5, 0.6) is 0 Å². The fourth-order valence-electron chi connectivity index (χ4n) is 1.29. The van der Waals surface area contributed by atoms with Crippen LogP contribution in [0.3, 0.4) is 0 Å². The summed E-state index contributed by atoms with van der Waals surface area (Å²) in [5, 5.41) is 17.5. The number of rotatable bonds is 4. The first-order valence-electron chi connectivity index (χ1n) is 4.85. The minimum absolute atomic E-state index is 0.00810. The molecule has 0 radical (unpaired) electrons. The van der Waals surface area contributed by atoms with Gasteiger partial charge < -0.3 is 0 Å². The predicted molar refractivity (Wildman–Crippen MR) is 57.8 cm³/mol. The van der Waals surface area contributed by atoms with Crippen LogP contribution in [0, 0.1) is 17.2 Å². The van der Waals surface area contributed by atoms with Crippen molar-refractivity contribution in [3.8, 4) is 6.07 Å². The Bertz CT molecular complexity index is 510. The van der Waals surface area contributed by atoms with Crippen molar-refractivity contribution < 1.29 is 8.42 Å². The molecule has 7 heteroatoms. The number of sulfonamides is 1. The van der Waals surface area contributed by atoms with E-state index < -0.39 is 10.0 Å². The van der Waals surface area contributed by atoms with Crippen molar-refractivity contribution in [2.75, 3.05) is 0 Å². The molecule has 6 nitrogen and oxygen atoms in total. The molecule has 88 valence electrons. The molecule has 1 heterocycles. The largest absolute Gasteiger partial charge is 0.256 e. The molecule has 1 aromatic heterocycles. The molecule has 0 amide bonds. The maximum atomic E-state index is 11.3. The Balaban J connectivity index is 3.13. The highest BCUT2D eigenvalue weighted by molar-refractivity contribution is 7.89. The minimum atomic E-state index is -3.90. The van der Waals surface area contributed by atoms with E-state index in [0.717, 1.165) is 6.42 Å². The Labute approximate surface area is 94.7 Å². The smallest absolute Gasteiger partial charge is 0.252 e. The van der Waals surface area contributed by atoms with Crippen molar-refractivity contribution in [2.45, 2.75) is 31.8 Å². The monoisotopic (exact) mass is 242 g/mol. The number of aryl methyl sites for hydroxylation is 1. The minimum Gasteiger partial charge on any atom is -0.252 e. The third kappa shape index (κ3) is 2.81. The summed E-state index contributed by atoms with van der Waals surface area (Å²) in [7, 11) is -3.90. The van der Waals surface area contributed by atoms with Gasteiger partial charge in [0, 0.05) is 6.54 Å². The maximum absolute atomic E-state index is 11.3. The predicted octanol–water partition coefficient (Wildman–Crippen LogP) is 0.448. The number of hydrogen-bond acceptors (Lipinski definition) is 4. The molecule has 0 saturated heterocycles. The Morgan fingerprint density at radius 1 is 1.62 bits per heavy atom. The molecule has 0 atom stereocenters. The van der Waals surface area contributed by atoms with E-state index in [1.165, 1.54) is 10.9 Å². The van der Waals surface area contributed by atoms with Gasteiger partial charge in [-0.2, -0.15) is 10.4 Å². The molecule has 0 aliphatic heterocycles. The third-order valence-electron chi connectivity index (χ3n) is 2.10. The van der Waals surface area contributed by atoms with Crippen LogP contribution in [0.2, 0.25) is 0 Å². The van der Waals surface area contributed by atoms with Gasteiger partial charge in [0.05, 0.1) is 6.20 Å². The quantitative estimate of drug-likeness (QED) is 0.827. The summed E-state index contributed by atoms with van der Waals surface area (Å²) >= 11 is 0. The van der Waals surface area contributed by atoms with Crippen molar-refractivity contribution in [3.05, 3.63) is 11.8 Å². The summed E-state index contributed by atoms with van der Waals surface area (Å²) in [5.41, 5.74) is -0.00810. The molecule has 0 bridgehead atoms. The average Bonchev–Trinajstić information content (AvgIpc) is 2.56.